The number of hydrogen-bond donors (Lipinski definition) is 2. The van der Waals surface area contributed by atoms with Gasteiger partial charge >= 0.3 is 0 Å². The molecule has 0 bridgehead atoms. The Hall–Kier alpha value is -1.86. The summed E-state index contributed by atoms with van der Waals surface area (Å²) in [5.74, 6) is 0.932. The molecule has 1 rings (SSSR count). The molecule has 0 amide bonds. The predicted octanol–water partition coefficient (Wildman–Crippen LogP) is 2.20. The summed E-state index contributed by atoms with van der Waals surface area (Å²) in [4.78, 5) is 4.17. The molecule has 0 aliphatic carbocycles. The van der Waals surface area contributed by atoms with Gasteiger partial charge in [0.25, 0.3) is 0 Å². The highest BCUT2D eigenvalue weighted by molar-refractivity contribution is 5.79. The first-order chi connectivity index (χ1) is 12.2. The summed E-state index contributed by atoms with van der Waals surface area (Å²) in [6, 6.07) is 6.13. The van der Waals surface area contributed by atoms with Crippen LogP contribution in [-0.2, 0) is 9.47 Å². The zero-order valence-corrected chi connectivity index (χ0v) is 15.4. The van der Waals surface area contributed by atoms with Gasteiger partial charge in [0.15, 0.2) is 5.96 Å². The van der Waals surface area contributed by atoms with Crippen LogP contribution in [0.15, 0.2) is 29.3 Å². The summed E-state index contributed by atoms with van der Waals surface area (Å²) in [6.45, 7) is 5.29. The van der Waals surface area contributed by atoms with E-state index in [1.165, 1.54) is 12.1 Å². The van der Waals surface area contributed by atoms with Crippen molar-refractivity contribution in [2.45, 2.75) is 25.9 Å². The Labute approximate surface area is 149 Å². The number of ether oxygens (including phenoxy) is 3. The summed E-state index contributed by atoms with van der Waals surface area (Å²) in [7, 11) is 3.39. The first-order valence-electron chi connectivity index (χ1n) is 8.59. The summed E-state index contributed by atoms with van der Waals surface area (Å²) >= 11 is 0. The third-order valence-corrected chi connectivity index (χ3v) is 3.35. The number of aliphatic imine (C=N–C) groups is 1. The molecule has 0 radical (unpaired) electrons. The quantitative estimate of drug-likeness (QED) is 0.342. The van der Waals surface area contributed by atoms with Gasteiger partial charge in [0.05, 0.1) is 19.8 Å². The van der Waals surface area contributed by atoms with Crippen LogP contribution in [0.3, 0.4) is 0 Å². The summed E-state index contributed by atoms with van der Waals surface area (Å²) in [5.41, 5.74) is 0. The predicted molar refractivity (Wildman–Crippen MR) is 97.8 cm³/mol. The highest BCUT2D eigenvalue weighted by atomic mass is 19.1. The van der Waals surface area contributed by atoms with Crippen LogP contribution in [0, 0.1) is 5.82 Å². The molecule has 7 heteroatoms. The van der Waals surface area contributed by atoms with Crippen molar-refractivity contribution in [2.24, 2.45) is 4.99 Å². The van der Waals surface area contributed by atoms with Gasteiger partial charge in [-0.1, -0.05) is 6.07 Å². The lowest BCUT2D eigenvalue weighted by Gasteiger charge is -2.17. The number of nitrogens with zero attached hydrogens (tertiary/aromatic N) is 1. The lowest BCUT2D eigenvalue weighted by Crippen LogP contribution is -2.42. The average Bonchev–Trinajstić information content (AvgIpc) is 2.60. The number of benzene rings is 1. The molecule has 1 unspecified atom stereocenters. The largest absolute Gasteiger partial charge is 0.489 e. The molecule has 0 spiro atoms. The minimum Gasteiger partial charge on any atom is -0.489 e. The summed E-state index contributed by atoms with van der Waals surface area (Å²) in [5, 5.41) is 6.44. The molecule has 1 aromatic rings. The van der Waals surface area contributed by atoms with Gasteiger partial charge in [0.1, 0.15) is 17.7 Å². The van der Waals surface area contributed by atoms with Crippen LogP contribution in [0.5, 0.6) is 5.75 Å². The van der Waals surface area contributed by atoms with Crippen LogP contribution < -0.4 is 15.4 Å². The van der Waals surface area contributed by atoms with Gasteiger partial charge in [-0.15, -0.1) is 0 Å². The molecular formula is C18H30FN3O3. The van der Waals surface area contributed by atoms with Crippen molar-refractivity contribution in [1.29, 1.82) is 0 Å². The smallest absolute Gasteiger partial charge is 0.191 e. The van der Waals surface area contributed by atoms with Crippen molar-refractivity contribution < 1.29 is 18.6 Å². The van der Waals surface area contributed by atoms with Gasteiger partial charge in [0, 0.05) is 33.4 Å². The number of methoxy groups -OCH3 is 1. The highest BCUT2D eigenvalue weighted by Crippen LogP contribution is 2.13. The molecule has 0 aromatic heterocycles. The molecule has 0 fully saturated rings. The third kappa shape index (κ3) is 10.6. The molecule has 25 heavy (non-hydrogen) atoms. The van der Waals surface area contributed by atoms with Crippen LogP contribution in [-0.4, -0.2) is 59.1 Å². The van der Waals surface area contributed by atoms with E-state index in [0.29, 0.717) is 25.5 Å². The van der Waals surface area contributed by atoms with E-state index in [1.807, 2.05) is 6.92 Å². The van der Waals surface area contributed by atoms with Crippen LogP contribution in [0.4, 0.5) is 4.39 Å². The highest BCUT2D eigenvalue weighted by Gasteiger charge is 2.06. The fourth-order valence-corrected chi connectivity index (χ4v) is 2.06. The number of hydrogen-bond acceptors (Lipinski definition) is 4. The number of rotatable bonds is 12. The molecule has 2 N–H and O–H groups in total. The van der Waals surface area contributed by atoms with Crippen molar-refractivity contribution in [1.82, 2.24) is 10.6 Å². The van der Waals surface area contributed by atoms with E-state index in [4.69, 9.17) is 14.2 Å². The summed E-state index contributed by atoms with van der Waals surface area (Å²) in [6.07, 6.45) is 1.85. The lowest BCUT2D eigenvalue weighted by atomic mass is 10.3. The van der Waals surface area contributed by atoms with Crippen molar-refractivity contribution in [3.05, 3.63) is 30.1 Å². The molecule has 0 heterocycles. The normalized spacial score (nSPS) is 12.7. The van der Waals surface area contributed by atoms with Gasteiger partial charge < -0.3 is 24.8 Å². The Morgan fingerprint density at radius 1 is 1.20 bits per heavy atom. The van der Waals surface area contributed by atoms with E-state index in [9.17, 15) is 4.39 Å². The molecule has 0 saturated carbocycles. The molecule has 1 aromatic carbocycles. The van der Waals surface area contributed by atoms with Crippen LogP contribution >= 0.6 is 0 Å². The zero-order chi connectivity index (χ0) is 18.3. The average molecular weight is 355 g/mol. The number of halogens is 1. The van der Waals surface area contributed by atoms with E-state index < -0.39 is 0 Å². The van der Waals surface area contributed by atoms with Gasteiger partial charge in [0.2, 0.25) is 0 Å². The molecular weight excluding hydrogens is 325 g/mol. The van der Waals surface area contributed by atoms with E-state index >= 15 is 0 Å². The summed E-state index contributed by atoms with van der Waals surface area (Å²) < 4.78 is 29.1. The molecule has 6 nitrogen and oxygen atoms in total. The van der Waals surface area contributed by atoms with E-state index in [2.05, 4.69) is 15.6 Å². The van der Waals surface area contributed by atoms with Crippen LogP contribution in [0.1, 0.15) is 19.8 Å². The minimum atomic E-state index is -0.304. The van der Waals surface area contributed by atoms with E-state index in [0.717, 1.165) is 32.0 Å². The zero-order valence-electron chi connectivity index (χ0n) is 15.4. The van der Waals surface area contributed by atoms with E-state index in [-0.39, 0.29) is 11.9 Å². The van der Waals surface area contributed by atoms with E-state index in [1.54, 1.807) is 26.3 Å². The van der Waals surface area contributed by atoms with Gasteiger partial charge in [-0.3, -0.25) is 4.99 Å². The van der Waals surface area contributed by atoms with Crippen molar-refractivity contribution in [2.75, 3.05) is 47.1 Å². The standard InChI is InChI=1S/C18H30FN3O3/c1-15(25-17-8-6-7-16(19)13-17)14-22-18(20-2)21-9-4-5-10-24-12-11-23-3/h6-8,13,15H,4-5,9-12,14H2,1-3H3,(H2,20,21,22). The fraction of sp³-hybridized carbons (Fsp3) is 0.611. The first-order valence-corrected chi connectivity index (χ1v) is 8.59. The molecule has 142 valence electrons. The first kappa shape index (κ1) is 21.2. The maximum atomic E-state index is 13.1. The second-order valence-electron chi connectivity index (χ2n) is 5.58. The third-order valence-electron chi connectivity index (χ3n) is 3.35. The second-order valence-corrected chi connectivity index (χ2v) is 5.58. The molecule has 1 atom stereocenters. The molecule has 0 saturated heterocycles. The maximum absolute atomic E-state index is 13.1. The van der Waals surface area contributed by atoms with Crippen molar-refractivity contribution in [3.63, 3.8) is 0 Å². The minimum absolute atomic E-state index is 0.116. The number of nitrogens with one attached hydrogen (secondary N) is 2. The van der Waals surface area contributed by atoms with Gasteiger partial charge in [-0.25, -0.2) is 4.39 Å². The van der Waals surface area contributed by atoms with Gasteiger partial charge in [-0.05, 0) is 31.9 Å². The Kier molecular flexibility index (Phi) is 11.4. The monoisotopic (exact) mass is 355 g/mol. The number of guanidine groups is 1. The molecule has 0 aliphatic rings. The Morgan fingerprint density at radius 2 is 2.04 bits per heavy atom. The maximum Gasteiger partial charge on any atom is 0.191 e. The van der Waals surface area contributed by atoms with Gasteiger partial charge in [-0.2, -0.15) is 0 Å². The Balaban J connectivity index is 2.13. The SMILES string of the molecule is CN=C(NCCCCOCCOC)NCC(C)Oc1cccc(F)c1. The van der Waals surface area contributed by atoms with Crippen LogP contribution in [0.25, 0.3) is 0 Å². The topological polar surface area (TPSA) is 64.1 Å². The fourth-order valence-electron chi connectivity index (χ4n) is 2.06. The Morgan fingerprint density at radius 3 is 2.76 bits per heavy atom. The number of unbranched alkanes of at least 4 members (excludes halogenated alkanes) is 1. The Bertz CT molecular complexity index is 500. The van der Waals surface area contributed by atoms with Crippen molar-refractivity contribution in [3.8, 4) is 5.75 Å². The van der Waals surface area contributed by atoms with Crippen molar-refractivity contribution >= 4 is 5.96 Å². The van der Waals surface area contributed by atoms with Crippen LogP contribution in [0.2, 0.25) is 0 Å². The lowest BCUT2D eigenvalue weighted by molar-refractivity contribution is 0.0689. The second kappa shape index (κ2) is 13.4. The molecule has 0 aliphatic heterocycles.